The van der Waals surface area contributed by atoms with Crippen molar-refractivity contribution in [3.8, 4) is 0 Å². The highest BCUT2D eigenvalue weighted by atomic mass is 16.1. The topological polar surface area (TPSA) is 47.8 Å². The van der Waals surface area contributed by atoms with Crippen LogP contribution in [0.2, 0.25) is 0 Å². The number of nitrogens with zero attached hydrogens (tertiary/aromatic N) is 3. The first-order valence-electron chi connectivity index (χ1n) is 6.40. The number of aromatic nitrogens is 3. The number of rotatable bonds is 3. The first-order chi connectivity index (χ1) is 9.20. The lowest BCUT2D eigenvalue weighted by Gasteiger charge is -2.10. The van der Waals surface area contributed by atoms with Crippen LogP contribution in [0.4, 0.5) is 0 Å². The lowest BCUT2D eigenvalue weighted by molar-refractivity contribution is 0.111. The number of carbonyl (C=O) groups is 1. The maximum absolute atomic E-state index is 11.2. The van der Waals surface area contributed by atoms with Crippen LogP contribution in [-0.2, 0) is 6.54 Å². The zero-order chi connectivity index (χ0) is 13.4. The Morgan fingerprint density at radius 3 is 2.79 bits per heavy atom. The van der Waals surface area contributed by atoms with Gasteiger partial charge in [-0.3, -0.25) is 9.78 Å². The van der Waals surface area contributed by atoms with Gasteiger partial charge in [0.1, 0.15) is 5.52 Å². The summed E-state index contributed by atoms with van der Waals surface area (Å²) >= 11 is 0. The molecule has 0 unspecified atom stereocenters. The van der Waals surface area contributed by atoms with E-state index in [1.165, 1.54) is 0 Å². The zero-order valence-corrected chi connectivity index (χ0v) is 11.0. The van der Waals surface area contributed by atoms with Gasteiger partial charge in [0, 0.05) is 11.9 Å². The highest BCUT2D eigenvalue weighted by Crippen LogP contribution is 2.24. The van der Waals surface area contributed by atoms with E-state index in [0.717, 1.165) is 34.8 Å². The Morgan fingerprint density at radius 1 is 1.26 bits per heavy atom. The van der Waals surface area contributed by atoms with Crippen molar-refractivity contribution in [2.24, 2.45) is 5.92 Å². The molecule has 0 saturated carbocycles. The van der Waals surface area contributed by atoms with Crippen molar-refractivity contribution in [3.05, 3.63) is 36.3 Å². The molecule has 2 aromatic heterocycles. The minimum Gasteiger partial charge on any atom is -0.321 e. The van der Waals surface area contributed by atoms with Crippen molar-refractivity contribution in [2.75, 3.05) is 0 Å². The average Bonchev–Trinajstić information content (AvgIpc) is 2.76. The predicted octanol–water partition coefficient (Wildman–Crippen LogP) is 3.05. The van der Waals surface area contributed by atoms with Crippen molar-refractivity contribution in [1.29, 1.82) is 0 Å². The summed E-state index contributed by atoms with van der Waals surface area (Å²) in [4.78, 5) is 20.0. The zero-order valence-electron chi connectivity index (χ0n) is 11.0. The summed E-state index contributed by atoms with van der Waals surface area (Å²) in [6, 6.07) is 7.95. The van der Waals surface area contributed by atoms with E-state index in [1.807, 2.05) is 28.8 Å². The van der Waals surface area contributed by atoms with Gasteiger partial charge in [0.15, 0.2) is 12.1 Å². The minimum absolute atomic E-state index is 0.447. The van der Waals surface area contributed by atoms with E-state index in [2.05, 4.69) is 23.8 Å². The standard InChI is InChI=1S/C15H15N3O/c1-10(2)8-18-14(9-19)17-13-7-16-12-6-4-3-5-11(12)15(13)18/h3-7,9-10H,8H2,1-2H3. The molecule has 0 spiro atoms. The van der Waals surface area contributed by atoms with Crippen molar-refractivity contribution in [2.45, 2.75) is 20.4 Å². The number of carbonyl (C=O) groups excluding carboxylic acids is 1. The molecule has 0 atom stereocenters. The molecule has 0 fully saturated rings. The van der Waals surface area contributed by atoms with Crippen LogP contribution in [0.5, 0.6) is 0 Å². The molecule has 0 radical (unpaired) electrons. The largest absolute Gasteiger partial charge is 0.321 e. The Balaban J connectivity index is 2.42. The molecule has 96 valence electrons. The fourth-order valence-corrected chi connectivity index (χ4v) is 2.42. The van der Waals surface area contributed by atoms with E-state index in [9.17, 15) is 4.79 Å². The SMILES string of the molecule is CC(C)Cn1c(C=O)nc2cnc3ccccc3c21. The van der Waals surface area contributed by atoms with Gasteiger partial charge in [-0.15, -0.1) is 0 Å². The first kappa shape index (κ1) is 11.8. The van der Waals surface area contributed by atoms with Crippen molar-refractivity contribution < 1.29 is 4.79 Å². The number of benzene rings is 1. The third-order valence-corrected chi connectivity index (χ3v) is 3.16. The minimum atomic E-state index is 0.447. The lowest BCUT2D eigenvalue weighted by Crippen LogP contribution is -2.08. The Labute approximate surface area is 111 Å². The molecule has 0 bridgehead atoms. The van der Waals surface area contributed by atoms with Gasteiger partial charge < -0.3 is 4.57 Å². The summed E-state index contributed by atoms with van der Waals surface area (Å²) in [6.45, 7) is 5.03. The number of aldehydes is 1. The molecule has 1 aromatic carbocycles. The lowest BCUT2D eigenvalue weighted by atomic mass is 10.1. The molecule has 0 aliphatic heterocycles. The molecule has 3 aromatic rings. The first-order valence-corrected chi connectivity index (χ1v) is 6.40. The highest BCUT2D eigenvalue weighted by Gasteiger charge is 2.14. The molecule has 4 heteroatoms. The molecule has 0 aliphatic carbocycles. The molecule has 0 aliphatic rings. The van der Waals surface area contributed by atoms with Crippen LogP contribution in [0.25, 0.3) is 21.9 Å². The Hall–Kier alpha value is -2.23. The third-order valence-electron chi connectivity index (χ3n) is 3.16. The number of pyridine rings is 1. The summed E-state index contributed by atoms with van der Waals surface area (Å²) < 4.78 is 2.00. The summed E-state index contributed by atoms with van der Waals surface area (Å²) in [5, 5.41) is 1.04. The second-order valence-corrected chi connectivity index (χ2v) is 5.10. The summed E-state index contributed by atoms with van der Waals surface area (Å²) in [5.74, 6) is 0.921. The highest BCUT2D eigenvalue weighted by molar-refractivity contribution is 6.03. The van der Waals surface area contributed by atoms with Crippen LogP contribution in [0.15, 0.2) is 30.5 Å². The van der Waals surface area contributed by atoms with E-state index >= 15 is 0 Å². The third kappa shape index (κ3) is 1.89. The molecule has 0 saturated heterocycles. The number of para-hydroxylation sites is 1. The van der Waals surface area contributed by atoms with E-state index < -0.39 is 0 Å². The number of hydrogen-bond donors (Lipinski definition) is 0. The van der Waals surface area contributed by atoms with E-state index in [-0.39, 0.29) is 0 Å². The maximum Gasteiger partial charge on any atom is 0.185 e. The van der Waals surface area contributed by atoms with Crippen LogP contribution < -0.4 is 0 Å². The summed E-state index contributed by atoms with van der Waals surface area (Å²) in [7, 11) is 0. The number of fused-ring (bicyclic) bond motifs is 3. The molecule has 0 N–H and O–H groups in total. The Bertz CT molecular complexity index is 759. The summed E-state index contributed by atoms with van der Waals surface area (Å²) in [6.07, 6.45) is 2.55. The average molecular weight is 253 g/mol. The van der Waals surface area contributed by atoms with Gasteiger partial charge in [0.2, 0.25) is 0 Å². The predicted molar refractivity (Wildman–Crippen MR) is 75.3 cm³/mol. The molecule has 2 heterocycles. The molecule has 19 heavy (non-hydrogen) atoms. The van der Waals surface area contributed by atoms with Crippen molar-refractivity contribution in [1.82, 2.24) is 14.5 Å². The normalized spacial score (nSPS) is 11.5. The van der Waals surface area contributed by atoms with Crippen LogP contribution >= 0.6 is 0 Å². The monoisotopic (exact) mass is 253 g/mol. The van der Waals surface area contributed by atoms with Gasteiger partial charge >= 0.3 is 0 Å². The molecule has 4 nitrogen and oxygen atoms in total. The molecule has 0 amide bonds. The summed E-state index contributed by atoms with van der Waals surface area (Å²) in [5.41, 5.74) is 2.71. The molecule has 3 rings (SSSR count). The van der Waals surface area contributed by atoms with Gasteiger partial charge in [0.05, 0.1) is 17.2 Å². The Morgan fingerprint density at radius 2 is 2.05 bits per heavy atom. The van der Waals surface area contributed by atoms with E-state index in [1.54, 1.807) is 6.20 Å². The maximum atomic E-state index is 11.2. The van der Waals surface area contributed by atoms with Gasteiger partial charge in [0.25, 0.3) is 0 Å². The molecular formula is C15H15N3O. The second kappa shape index (κ2) is 4.46. The Kier molecular flexibility index (Phi) is 2.78. The van der Waals surface area contributed by atoms with Crippen LogP contribution in [0.3, 0.4) is 0 Å². The van der Waals surface area contributed by atoms with Gasteiger partial charge in [-0.25, -0.2) is 4.98 Å². The van der Waals surface area contributed by atoms with Crippen molar-refractivity contribution >= 4 is 28.2 Å². The van der Waals surface area contributed by atoms with Crippen molar-refractivity contribution in [3.63, 3.8) is 0 Å². The van der Waals surface area contributed by atoms with E-state index in [4.69, 9.17) is 0 Å². The smallest absolute Gasteiger partial charge is 0.185 e. The van der Waals surface area contributed by atoms with Crippen LogP contribution in [0.1, 0.15) is 24.5 Å². The van der Waals surface area contributed by atoms with Crippen LogP contribution in [-0.4, -0.2) is 20.8 Å². The quantitative estimate of drug-likeness (QED) is 0.674. The number of hydrogen-bond acceptors (Lipinski definition) is 3. The fourth-order valence-electron chi connectivity index (χ4n) is 2.42. The fraction of sp³-hybridized carbons (Fsp3) is 0.267. The van der Waals surface area contributed by atoms with E-state index in [0.29, 0.717) is 11.7 Å². The van der Waals surface area contributed by atoms with Gasteiger partial charge in [-0.05, 0) is 12.0 Å². The molecular weight excluding hydrogens is 238 g/mol. The van der Waals surface area contributed by atoms with Crippen LogP contribution in [0, 0.1) is 5.92 Å². The number of imidazole rings is 1. The van der Waals surface area contributed by atoms with Gasteiger partial charge in [-0.2, -0.15) is 0 Å². The van der Waals surface area contributed by atoms with Gasteiger partial charge in [-0.1, -0.05) is 32.0 Å². The second-order valence-electron chi connectivity index (χ2n) is 5.10.